The molecule has 2 aromatic heterocycles. The topological polar surface area (TPSA) is 73.2 Å². The summed E-state index contributed by atoms with van der Waals surface area (Å²) in [5.74, 6) is -0.533. The van der Waals surface area contributed by atoms with E-state index >= 15 is 0 Å². The molecule has 2 heterocycles. The molecule has 6 nitrogen and oxygen atoms in total. The van der Waals surface area contributed by atoms with Crippen molar-refractivity contribution in [3.05, 3.63) is 35.1 Å². The number of amides is 1. The fourth-order valence-electron chi connectivity index (χ4n) is 1.96. The summed E-state index contributed by atoms with van der Waals surface area (Å²) < 4.78 is 6.43. The molecule has 0 unspecified atom stereocenters. The Morgan fingerprint density at radius 3 is 2.73 bits per heavy atom. The van der Waals surface area contributed by atoms with Gasteiger partial charge in [-0.25, -0.2) is 4.98 Å². The number of nitrogens with zero attached hydrogens (tertiary/aromatic N) is 2. The molecule has 2 aromatic rings. The van der Waals surface area contributed by atoms with Crippen molar-refractivity contribution in [1.29, 1.82) is 0 Å². The van der Waals surface area contributed by atoms with E-state index in [1.807, 2.05) is 36.0 Å². The molecular weight excluding hydrogens is 302 g/mol. The second-order valence-electron chi connectivity index (χ2n) is 4.69. The number of methoxy groups -OCH3 is 1. The van der Waals surface area contributed by atoms with Crippen molar-refractivity contribution in [2.75, 3.05) is 13.7 Å². The van der Waals surface area contributed by atoms with Crippen molar-refractivity contribution in [2.45, 2.75) is 26.2 Å². The molecule has 1 N–H and O–H groups in total. The van der Waals surface area contributed by atoms with Gasteiger partial charge in [0.15, 0.2) is 5.13 Å². The Bertz CT molecular complexity index is 635. The zero-order valence-corrected chi connectivity index (χ0v) is 13.5. The van der Waals surface area contributed by atoms with Crippen molar-refractivity contribution < 1.29 is 14.3 Å². The number of ether oxygens (including phenoxy) is 1. The normalized spacial score (nSPS) is 10.5. The lowest BCUT2D eigenvalue weighted by Gasteiger charge is -2.03. The summed E-state index contributed by atoms with van der Waals surface area (Å²) in [6.07, 6.45) is 5.62. The van der Waals surface area contributed by atoms with Gasteiger partial charge in [0.25, 0.3) is 5.91 Å². The van der Waals surface area contributed by atoms with Crippen molar-refractivity contribution in [2.24, 2.45) is 0 Å². The van der Waals surface area contributed by atoms with Crippen LogP contribution in [-0.4, -0.2) is 35.1 Å². The number of hydrogen-bond acceptors (Lipinski definition) is 5. The lowest BCUT2D eigenvalue weighted by Crippen LogP contribution is -2.26. The molecule has 0 saturated heterocycles. The Hall–Kier alpha value is -2.15. The van der Waals surface area contributed by atoms with Gasteiger partial charge in [-0.15, -0.1) is 0 Å². The van der Waals surface area contributed by atoms with Crippen molar-refractivity contribution >= 4 is 23.2 Å². The molecule has 0 fully saturated rings. The largest absolute Gasteiger partial charge is 0.469 e. The van der Waals surface area contributed by atoms with Gasteiger partial charge >= 0.3 is 5.97 Å². The van der Waals surface area contributed by atoms with E-state index in [0.29, 0.717) is 4.88 Å². The van der Waals surface area contributed by atoms with Crippen LogP contribution in [-0.2, 0) is 16.0 Å². The molecule has 0 atom stereocenters. The molecule has 2 rings (SSSR count). The third-order valence-corrected chi connectivity index (χ3v) is 4.16. The van der Waals surface area contributed by atoms with E-state index in [4.69, 9.17) is 0 Å². The standard InChI is InChI=1S/C15H19N3O3S/c1-3-6-11-13(14(20)16-8-7-12(19)21-2)22-15(17-11)18-9-4-5-10-18/h4-5,9-10H,3,6-8H2,1-2H3,(H,16,20). The molecule has 7 heteroatoms. The summed E-state index contributed by atoms with van der Waals surface area (Å²) in [6, 6.07) is 3.83. The van der Waals surface area contributed by atoms with Crippen LogP contribution in [0, 0.1) is 0 Å². The number of carbonyl (C=O) groups excluding carboxylic acids is 2. The van der Waals surface area contributed by atoms with Gasteiger partial charge in [0.1, 0.15) is 4.88 Å². The average Bonchev–Trinajstić information content (AvgIpc) is 3.16. The Kier molecular flexibility index (Phi) is 5.71. The summed E-state index contributed by atoms with van der Waals surface area (Å²) in [4.78, 5) is 28.5. The van der Waals surface area contributed by atoms with Crippen LogP contribution >= 0.6 is 11.3 Å². The third-order valence-electron chi connectivity index (χ3n) is 3.05. The van der Waals surface area contributed by atoms with E-state index in [9.17, 15) is 9.59 Å². The zero-order chi connectivity index (χ0) is 15.9. The highest BCUT2D eigenvalue weighted by Gasteiger charge is 2.18. The van der Waals surface area contributed by atoms with Crippen LogP contribution < -0.4 is 5.32 Å². The van der Waals surface area contributed by atoms with Crippen molar-refractivity contribution in [3.63, 3.8) is 0 Å². The molecule has 0 saturated carbocycles. The zero-order valence-electron chi connectivity index (χ0n) is 12.7. The fraction of sp³-hybridized carbons (Fsp3) is 0.400. The Morgan fingerprint density at radius 2 is 2.09 bits per heavy atom. The van der Waals surface area contributed by atoms with E-state index in [1.54, 1.807) is 0 Å². The number of esters is 1. The van der Waals surface area contributed by atoms with Crippen LogP contribution in [0.3, 0.4) is 0 Å². The second kappa shape index (κ2) is 7.74. The minimum Gasteiger partial charge on any atom is -0.469 e. The maximum Gasteiger partial charge on any atom is 0.307 e. The highest BCUT2D eigenvalue weighted by molar-refractivity contribution is 7.16. The van der Waals surface area contributed by atoms with Crippen molar-refractivity contribution in [1.82, 2.24) is 14.9 Å². The van der Waals surface area contributed by atoms with E-state index in [-0.39, 0.29) is 24.8 Å². The Labute approximate surface area is 133 Å². The number of aryl methyl sites for hydroxylation is 1. The predicted molar refractivity (Wildman–Crippen MR) is 84.4 cm³/mol. The van der Waals surface area contributed by atoms with Crippen LogP contribution in [0.1, 0.15) is 35.1 Å². The molecule has 22 heavy (non-hydrogen) atoms. The summed E-state index contributed by atoms with van der Waals surface area (Å²) in [5, 5.41) is 3.51. The quantitative estimate of drug-likeness (QED) is 0.793. The highest BCUT2D eigenvalue weighted by atomic mass is 32.1. The first-order chi connectivity index (χ1) is 10.7. The molecule has 0 spiro atoms. The van der Waals surface area contributed by atoms with E-state index in [0.717, 1.165) is 23.7 Å². The van der Waals surface area contributed by atoms with Gasteiger partial charge in [0.2, 0.25) is 0 Å². The number of aromatic nitrogens is 2. The smallest absolute Gasteiger partial charge is 0.307 e. The molecule has 1 amide bonds. The van der Waals surface area contributed by atoms with Crippen molar-refractivity contribution in [3.8, 4) is 5.13 Å². The van der Waals surface area contributed by atoms with Gasteiger partial charge in [-0.3, -0.25) is 9.59 Å². The van der Waals surface area contributed by atoms with Gasteiger partial charge in [0.05, 0.1) is 19.2 Å². The van der Waals surface area contributed by atoms with E-state index < -0.39 is 0 Å². The third kappa shape index (κ3) is 3.94. The molecular formula is C15H19N3O3S. The van der Waals surface area contributed by atoms with Crippen LogP contribution in [0.25, 0.3) is 5.13 Å². The second-order valence-corrected chi connectivity index (χ2v) is 5.67. The summed E-state index contributed by atoms with van der Waals surface area (Å²) in [7, 11) is 1.33. The summed E-state index contributed by atoms with van der Waals surface area (Å²) in [5.41, 5.74) is 0.798. The Morgan fingerprint density at radius 1 is 1.36 bits per heavy atom. The van der Waals surface area contributed by atoms with Gasteiger partial charge in [-0.2, -0.15) is 0 Å². The van der Waals surface area contributed by atoms with Crippen LogP contribution in [0.4, 0.5) is 0 Å². The first-order valence-electron chi connectivity index (χ1n) is 7.13. The number of nitrogens with one attached hydrogen (secondary N) is 1. The van der Waals surface area contributed by atoms with Gasteiger partial charge < -0.3 is 14.6 Å². The van der Waals surface area contributed by atoms with Gasteiger partial charge in [0, 0.05) is 18.9 Å². The lowest BCUT2D eigenvalue weighted by molar-refractivity contribution is -0.140. The number of carbonyl (C=O) groups is 2. The average molecular weight is 321 g/mol. The maximum atomic E-state index is 12.3. The molecule has 0 bridgehead atoms. The molecule has 0 aliphatic rings. The minimum atomic E-state index is -0.341. The molecule has 0 aliphatic heterocycles. The highest BCUT2D eigenvalue weighted by Crippen LogP contribution is 2.23. The summed E-state index contributed by atoms with van der Waals surface area (Å²) >= 11 is 1.35. The molecule has 0 aliphatic carbocycles. The molecule has 0 aromatic carbocycles. The minimum absolute atomic E-state index is 0.161. The number of hydrogen-bond donors (Lipinski definition) is 1. The van der Waals surface area contributed by atoms with Gasteiger partial charge in [-0.1, -0.05) is 24.7 Å². The monoisotopic (exact) mass is 321 g/mol. The maximum absolute atomic E-state index is 12.3. The van der Waals surface area contributed by atoms with Crippen LogP contribution in [0.5, 0.6) is 0 Å². The summed E-state index contributed by atoms with van der Waals surface area (Å²) in [6.45, 7) is 2.31. The SMILES string of the molecule is CCCc1nc(-n2cccc2)sc1C(=O)NCCC(=O)OC. The molecule has 0 radical (unpaired) electrons. The van der Waals surface area contributed by atoms with Crippen LogP contribution in [0.2, 0.25) is 0 Å². The Balaban J connectivity index is 2.11. The lowest BCUT2D eigenvalue weighted by atomic mass is 10.2. The number of thiazole rings is 1. The first-order valence-corrected chi connectivity index (χ1v) is 7.95. The van der Waals surface area contributed by atoms with Gasteiger partial charge in [-0.05, 0) is 18.6 Å². The first kappa shape index (κ1) is 16.2. The van der Waals surface area contributed by atoms with E-state index in [1.165, 1.54) is 18.4 Å². The van der Waals surface area contributed by atoms with Crippen LogP contribution in [0.15, 0.2) is 24.5 Å². The number of rotatable bonds is 7. The predicted octanol–water partition coefficient (Wildman–Crippen LogP) is 2.18. The van der Waals surface area contributed by atoms with E-state index in [2.05, 4.69) is 15.0 Å². The fourth-order valence-corrected chi connectivity index (χ4v) is 2.95. The molecule has 118 valence electrons.